The number of alkyl carbamates (subject to hydrolysis) is 1. The largest absolute Gasteiger partial charge is 0.459 e. The highest BCUT2D eigenvalue weighted by Crippen LogP contribution is 2.31. The van der Waals surface area contributed by atoms with Gasteiger partial charge in [0.2, 0.25) is 0 Å². The molecule has 0 aromatic heterocycles. The summed E-state index contributed by atoms with van der Waals surface area (Å²) in [5.74, 6) is -0.595. The van der Waals surface area contributed by atoms with E-state index in [0.29, 0.717) is 19.4 Å². The van der Waals surface area contributed by atoms with E-state index in [2.05, 4.69) is 5.32 Å². The van der Waals surface area contributed by atoms with Gasteiger partial charge in [0.15, 0.2) is 0 Å². The molecule has 1 amide bonds. The van der Waals surface area contributed by atoms with Gasteiger partial charge in [-0.2, -0.15) is 0 Å². The first kappa shape index (κ1) is 32.5. The second-order valence-electron chi connectivity index (χ2n) is 12.3. The number of nitrogens with one attached hydrogen (secondary N) is 1. The Balaban J connectivity index is 0.000000215. The van der Waals surface area contributed by atoms with Crippen LogP contribution in [-0.4, -0.2) is 35.2 Å². The minimum absolute atomic E-state index is 0.0234. The van der Waals surface area contributed by atoms with E-state index in [-0.39, 0.29) is 24.6 Å². The van der Waals surface area contributed by atoms with Crippen LogP contribution in [0, 0.1) is 0 Å². The van der Waals surface area contributed by atoms with Crippen LogP contribution in [0.2, 0.25) is 0 Å². The van der Waals surface area contributed by atoms with E-state index < -0.39 is 17.2 Å². The van der Waals surface area contributed by atoms with Gasteiger partial charge in [0.1, 0.15) is 30.4 Å². The fourth-order valence-electron chi connectivity index (χ4n) is 6.21. The summed E-state index contributed by atoms with van der Waals surface area (Å²) in [4.78, 5) is 37.2. The van der Waals surface area contributed by atoms with Crippen molar-refractivity contribution in [2.45, 2.75) is 127 Å². The van der Waals surface area contributed by atoms with Gasteiger partial charge < -0.3 is 25.3 Å². The standard InChI is InChI=1S/C21H29NO4.C14H19NO2/c23-19(25-16-17-10-4-1-5-11-17)21(14-8-3-9-15-21)22-20(24)26-18-12-6-2-7-13-18;15-14(9-5-2-6-10-14)13(16)17-11-12-7-3-1-4-8-12/h1,4-5,10-11,18H,2-3,6-9,12-16H2,(H,22,24);1,3-4,7-8H,2,5-6,9-11,15H2. The summed E-state index contributed by atoms with van der Waals surface area (Å²) in [6, 6.07) is 19.3. The van der Waals surface area contributed by atoms with Crippen molar-refractivity contribution < 1.29 is 28.6 Å². The molecule has 0 atom stereocenters. The van der Waals surface area contributed by atoms with Gasteiger partial charge in [0, 0.05) is 0 Å². The Hall–Kier alpha value is -3.39. The van der Waals surface area contributed by atoms with E-state index >= 15 is 0 Å². The lowest BCUT2D eigenvalue weighted by molar-refractivity contribution is -0.154. The van der Waals surface area contributed by atoms with Gasteiger partial charge in [0.05, 0.1) is 0 Å². The Labute approximate surface area is 256 Å². The predicted molar refractivity (Wildman–Crippen MR) is 165 cm³/mol. The van der Waals surface area contributed by atoms with Gasteiger partial charge in [-0.05, 0) is 62.5 Å². The van der Waals surface area contributed by atoms with Crippen LogP contribution >= 0.6 is 0 Å². The first-order valence-corrected chi connectivity index (χ1v) is 16.1. The Morgan fingerprint density at radius 2 is 1.12 bits per heavy atom. The molecule has 3 fully saturated rings. The number of hydrogen-bond donors (Lipinski definition) is 2. The van der Waals surface area contributed by atoms with E-state index in [1.54, 1.807) is 0 Å². The van der Waals surface area contributed by atoms with Crippen LogP contribution in [0.25, 0.3) is 0 Å². The maximum Gasteiger partial charge on any atom is 0.408 e. The van der Waals surface area contributed by atoms with E-state index in [0.717, 1.165) is 81.8 Å². The molecule has 43 heavy (non-hydrogen) atoms. The Kier molecular flexibility index (Phi) is 12.4. The molecule has 0 saturated heterocycles. The average Bonchev–Trinajstić information content (AvgIpc) is 3.05. The smallest absolute Gasteiger partial charge is 0.408 e. The lowest BCUT2D eigenvalue weighted by Gasteiger charge is -2.35. The molecule has 2 aromatic carbocycles. The van der Waals surface area contributed by atoms with Crippen LogP contribution in [0.15, 0.2) is 60.7 Å². The molecule has 0 spiro atoms. The third-order valence-corrected chi connectivity index (χ3v) is 8.84. The number of esters is 2. The zero-order chi connectivity index (χ0) is 30.4. The molecule has 3 saturated carbocycles. The zero-order valence-corrected chi connectivity index (χ0v) is 25.4. The van der Waals surface area contributed by atoms with Crippen molar-refractivity contribution in [1.29, 1.82) is 0 Å². The summed E-state index contributed by atoms with van der Waals surface area (Å²) < 4.78 is 16.4. The molecule has 0 heterocycles. The van der Waals surface area contributed by atoms with Gasteiger partial charge in [-0.3, -0.25) is 4.79 Å². The highest BCUT2D eigenvalue weighted by molar-refractivity contribution is 5.86. The number of amides is 1. The molecule has 0 unspecified atom stereocenters. The first-order valence-electron chi connectivity index (χ1n) is 16.1. The number of rotatable bonds is 8. The van der Waals surface area contributed by atoms with Crippen LogP contribution in [-0.2, 0) is 37.0 Å². The Morgan fingerprint density at radius 3 is 1.65 bits per heavy atom. The zero-order valence-electron chi connectivity index (χ0n) is 25.4. The van der Waals surface area contributed by atoms with Crippen molar-refractivity contribution in [2.75, 3.05) is 0 Å². The molecule has 2 aromatic rings. The van der Waals surface area contributed by atoms with E-state index in [1.807, 2.05) is 60.7 Å². The van der Waals surface area contributed by atoms with Gasteiger partial charge in [-0.15, -0.1) is 0 Å². The number of hydrogen-bond acceptors (Lipinski definition) is 7. The number of benzene rings is 2. The summed E-state index contributed by atoms with van der Waals surface area (Å²) in [5.41, 5.74) is 6.35. The topological polar surface area (TPSA) is 117 Å². The summed E-state index contributed by atoms with van der Waals surface area (Å²) >= 11 is 0. The van der Waals surface area contributed by atoms with Crippen molar-refractivity contribution >= 4 is 18.0 Å². The minimum Gasteiger partial charge on any atom is -0.459 e. The van der Waals surface area contributed by atoms with Gasteiger partial charge >= 0.3 is 18.0 Å². The quantitative estimate of drug-likeness (QED) is 0.253. The number of carbonyl (C=O) groups is 3. The van der Waals surface area contributed by atoms with Gasteiger partial charge in [0.25, 0.3) is 0 Å². The summed E-state index contributed by atoms with van der Waals surface area (Å²) in [6.45, 7) is 0.541. The van der Waals surface area contributed by atoms with Crippen LogP contribution in [0.1, 0.15) is 107 Å². The van der Waals surface area contributed by atoms with Crippen LogP contribution in [0.3, 0.4) is 0 Å². The highest BCUT2D eigenvalue weighted by atomic mass is 16.6. The van der Waals surface area contributed by atoms with Gasteiger partial charge in [-0.1, -0.05) is 106 Å². The summed E-state index contributed by atoms with van der Waals surface area (Å²) in [6.07, 6.45) is 13.6. The molecule has 8 nitrogen and oxygen atoms in total. The number of carbonyl (C=O) groups excluding carboxylic acids is 3. The molecule has 5 rings (SSSR count). The van der Waals surface area contributed by atoms with E-state index in [9.17, 15) is 14.4 Å². The van der Waals surface area contributed by atoms with Crippen molar-refractivity contribution in [3.8, 4) is 0 Å². The first-order chi connectivity index (χ1) is 20.9. The SMILES string of the molecule is NC1(C(=O)OCc2ccccc2)CCCCC1.O=C(NC1(C(=O)OCc2ccccc2)CCCCC1)OC1CCCCC1. The van der Waals surface area contributed by atoms with Crippen molar-refractivity contribution in [3.05, 3.63) is 71.8 Å². The maximum atomic E-state index is 12.8. The maximum absolute atomic E-state index is 12.8. The molecule has 234 valence electrons. The molecule has 3 aliphatic rings. The molecular formula is C35H48N2O6. The minimum atomic E-state index is -0.946. The third-order valence-electron chi connectivity index (χ3n) is 8.84. The molecule has 0 aliphatic heterocycles. The Bertz CT molecular complexity index is 1140. The molecule has 3 N–H and O–H groups in total. The number of nitrogens with two attached hydrogens (primary N) is 1. The highest BCUT2D eigenvalue weighted by Gasteiger charge is 2.43. The average molecular weight is 593 g/mol. The lowest BCUT2D eigenvalue weighted by atomic mass is 9.82. The predicted octanol–water partition coefficient (Wildman–Crippen LogP) is 6.88. The second-order valence-corrected chi connectivity index (χ2v) is 12.3. The van der Waals surface area contributed by atoms with Crippen molar-refractivity contribution in [2.24, 2.45) is 5.73 Å². The van der Waals surface area contributed by atoms with Crippen LogP contribution < -0.4 is 11.1 Å². The third kappa shape index (κ3) is 10.1. The fraction of sp³-hybridized carbons (Fsp3) is 0.571. The second kappa shape index (κ2) is 16.5. The lowest BCUT2D eigenvalue weighted by Crippen LogP contribution is -2.56. The fourth-order valence-corrected chi connectivity index (χ4v) is 6.21. The molecule has 3 aliphatic carbocycles. The summed E-state index contributed by atoms with van der Waals surface area (Å²) in [5, 5.41) is 2.88. The molecule has 8 heteroatoms. The normalized spacial score (nSPS) is 19.6. The van der Waals surface area contributed by atoms with E-state index in [1.165, 1.54) is 12.8 Å². The van der Waals surface area contributed by atoms with Crippen molar-refractivity contribution in [3.63, 3.8) is 0 Å². The molecular weight excluding hydrogens is 544 g/mol. The monoisotopic (exact) mass is 592 g/mol. The Morgan fingerprint density at radius 1 is 0.651 bits per heavy atom. The number of ether oxygens (including phenoxy) is 3. The van der Waals surface area contributed by atoms with Crippen molar-refractivity contribution in [1.82, 2.24) is 5.32 Å². The van der Waals surface area contributed by atoms with E-state index in [4.69, 9.17) is 19.9 Å². The van der Waals surface area contributed by atoms with Crippen LogP contribution in [0.4, 0.5) is 4.79 Å². The summed E-state index contributed by atoms with van der Waals surface area (Å²) in [7, 11) is 0. The molecule has 0 bridgehead atoms. The van der Waals surface area contributed by atoms with Crippen LogP contribution in [0.5, 0.6) is 0 Å². The van der Waals surface area contributed by atoms with Gasteiger partial charge in [-0.25, -0.2) is 9.59 Å². The molecule has 0 radical (unpaired) electrons.